The summed E-state index contributed by atoms with van der Waals surface area (Å²) in [6.45, 7) is -0.0185. The third kappa shape index (κ3) is 5.07. The first-order chi connectivity index (χ1) is 30.3. The molecule has 3 aliphatic rings. The number of benzene rings is 10. The minimum absolute atomic E-state index is 0.0185. The smallest absolute Gasteiger partial charge is 0.256 e. The third-order valence-electron chi connectivity index (χ3n) is 12.8. The first-order valence-electron chi connectivity index (χ1n) is 21.0. The quantitative estimate of drug-likeness (QED) is 0.162. The highest BCUT2D eigenvalue weighted by Gasteiger charge is 2.43. The van der Waals surface area contributed by atoms with Crippen LogP contribution >= 0.6 is 0 Å². The van der Waals surface area contributed by atoms with Crippen LogP contribution in [0.2, 0.25) is 0 Å². The summed E-state index contributed by atoms with van der Waals surface area (Å²) in [7, 11) is 0. The summed E-state index contributed by atoms with van der Waals surface area (Å²) in [5.41, 5.74) is 16.2. The van der Waals surface area contributed by atoms with Crippen molar-refractivity contribution in [3.8, 4) is 22.6 Å². The van der Waals surface area contributed by atoms with Gasteiger partial charge in [-0.2, -0.15) is 0 Å². The maximum Gasteiger partial charge on any atom is 0.256 e. The molecule has 0 saturated heterocycles. The molecular formula is C56H36BN3O. The van der Waals surface area contributed by atoms with Crippen LogP contribution in [0.25, 0.3) is 32.7 Å². The monoisotopic (exact) mass is 777 g/mol. The van der Waals surface area contributed by atoms with Crippen molar-refractivity contribution in [1.29, 1.82) is 0 Å². The minimum Gasteiger partial charge on any atom is -0.458 e. The van der Waals surface area contributed by atoms with Gasteiger partial charge in [0.15, 0.2) is 0 Å². The van der Waals surface area contributed by atoms with Crippen LogP contribution < -0.4 is 35.8 Å². The molecule has 4 nitrogen and oxygen atoms in total. The van der Waals surface area contributed by atoms with E-state index >= 15 is 0 Å². The number of fused-ring (bicyclic) bond motifs is 7. The Kier molecular flexibility index (Phi) is 7.37. The van der Waals surface area contributed by atoms with Gasteiger partial charge in [-0.25, -0.2) is 0 Å². The van der Waals surface area contributed by atoms with Crippen molar-refractivity contribution in [2.75, 3.05) is 14.7 Å². The van der Waals surface area contributed by atoms with Crippen molar-refractivity contribution in [1.82, 2.24) is 0 Å². The fourth-order valence-electron chi connectivity index (χ4n) is 10.2. The van der Waals surface area contributed by atoms with Crippen LogP contribution in [0.5, 0.6) is 11.5 Å². The van der Waals surface area contributed by atoms with E-state index in [0.29, 0.717) is 0 Å². The number of hydrogen-bond acceptors (Lipinski definition) is 4. The van der Waals surface area contributed by atoms with Gasteiger partial charge in [-0.3, -0.25) is 0 Å². The molecule has 13 rings (SSSR count). The molecule has 0 amide bonds. The maximum atomic E-state index is 7.07. The van der Waals surface area contributed by atoms with Crippen molar-refractivity contribution in [3.63, 3.8) is 0 Å². The Morgan fingerprint density at radius 3 is 1.85 bits per heavy atom. The first-order valence-corrected chi connectivity index (χ1v) is 21.0. The van der Waals surface area contributed by atoms with Crippen LogP contribution in [0.3, 0.4) is 0 Å². The van der Waals surface area contributed by atoms with Gasteiger partial charge in [0.1, 0.15) is 11.5 Å². The van der Waals surface area contributed by atoms with Gasteiger partial charge in [0, 0.05) is 50.5 Å². The molecule has 10 aromatic rings. The lowest BCUT2D eigenvalue weighted by Crippen LogP contribution is -2.59. The highest BCUT2D eigenvalue weighted by atomic mass is 16.5. The average molecular weight is 778 g/mol. The second-order valence-corrected chi connectivity index (χ2v) is 16.1. The molecule has 61 heavy (non-hydrogen) atoms. The van der Waals surface area contributed by atoms with Gasteiger partial charge in [0.2, 0.25) is 0 Å². The van der Waals surface area contributed by atoms with E-state index in [1.54, 1.807) is 0 Å². The molecular weight excluding hydrogens is 741 g/mol. The highest BCUT2D eigenvalue weighted by Crippen LogP contribution is 2.55. The lowest BCUT2D eigenvalue weighted by atomic mass is 9.34. The van der Waals surface area contributed by atoms with Crippen LogP contribution in [-0.2, 0) is 0 Å². The number of ether oxygens (including phenoxy) is 1. The number of nitrogens with zero attached hydrogens (tertiary/aromatic N) is 3. The van der Waals surface area contributed by atoms with Gasteiger partial charge >= 0.3 is 0 Å². The molecule has 0 atom stereocenters. The number of rotatable bonds is 5. The fraction of sp³-hybridized carbons (Fsp3) is 0. The second-order valence-electron chi connectivity index (χ2n) is 16.1. The van der Waals surface area contributed by atoms with E-state index in [0.717, 1.165) is 62.6 Å². The average Bonchev–Trinajstić information content (AvgIpc) is 3.32. The van der Waals surface area contributed by atoms with Crippen LogP contribution in [0.4, 0.5) is 51.2 Å². The minimum atomic E-state index is -0.0185. The molecule has 5 heteroatoms. The molecule has 0 fully saturated rings. The first kappa shape index (κ1) is 33.9. The summed E-state index contributed by atoms with van der Waals surface area (Å²) in [6.07, 6.45) is 0. The van der Waals surface area contributed by atoms with E-state index in [9.17, 15) is 0 Å². The lowest BCUT2D eigenvalue weighted by molar-refractivity contribution is 0.488. The topological polar surface area (TPSA) is 19.0 Å². The molecule has 284 valence electrons. The Morgan fingerprint density at radius 2 is 1.05 bits per heavy atom. The Labute approximate surface area is 354 Å². The molecule has 0 bridgehead atoms. The van der Waals surface area contributed by atoms with Gasteiger partial charge in [-0.1, -0.05) is 127 Å². The standard InChI is InChI=1S/C56H36BN3O/c1-4-18-39(19-5-1)58(42-31-30-37-16-10-11-17-38(37)34-42)48-33-32-43-45-35-54-47(36-52(45)60(41-22-8-3-9-23-41)50-27-14-24-44(48)55(43)50)57-46-25-12-13-26-49(46)59(40-20-6-2-7-21-40)51-28-15-29-53(61-54)56(51)57/h1-36H. The van der Waals surface area contributed by atoms with Crippen molar-refractivity contribution in [2.45, 2.75) is 0 Å². The Bertz CT molecular complexity index is 3370. The predicted octanol–water partition coefficient (Wildman–Crippen LogP) is 13.3. The number of hydrogen-bond donors (Lipinski definition) is 0. The normalized spacial score (nSPS) is 13.0. The van der Waals surface area contributed by atoms with E-state index in [-0.39, 0.29) is 6.71 Å². The van der Waals surface area contributed by atoms with Crippen LogP contribution in [0.15, 0.2) is 218 Å². The van der Waals surface area contributed by atoms with Crippen LogP contribution in [-0.4, -0.2) is 6.71 Å². The molecule has 0 radical (unpaired) electrons. The SMILES string of the molecule is c1ccc(N2c3ccccc3B3c4cc5c(cc4Oc4cccc2c43)-c2ccc(N(c3ccccc3)c3ccc4ccccc4c3)c3cccc(c23)N5c2ccccc2)cc1. The summed E-state index contributed by atoms with van der Waals surface area (Å²) in [4.78, 5) is 7.25. The molecule has 3 heterocycles. The Balaban J connectivity index is 1.05. The fourth-order valence-corrected chi connectivity index (χ4v) is 10.2. The zero-order valence-electron chi connectivity index (χ0n) is 33.1. The van der Waals surface area contributed by atoms with Gasteiger partial charge in [0.25, 0.3) is 6.71 Å². The summed E-state index contributed by atoms with van der Waals surface area (Å²) in [5.74, 6) is 1.79. The number of para-hydroxylation sites is 4. The van der Waals surface area contributed by atoms with Crippen molar-refractivity contribution >= 4 is 95.8 Å². The molecule has 0 aliphatic carbocycles. The molecule has 0 spiro atoms. The molecule has 0 N–H and O–H groups in total. The molecule has 0 unspecified atom stereocenters. The zero-order chi connectivity index (χ0) is 40.0. The molecule has 3 aliphatic heterocycles. The van der Waals surface area contributed by atoms with Gasteiger partial charge in [0.05, 0.1) is 17.1 Å². The number of anilines is 9. The molecule has 10 aromatic carbocycles. The lowest BCUT2D eigenvalue weighted by Gasteiger charge is -2.41. The van der Waals surface area contributed by atoms with Crippen LogP contribution in [0, 0.1) is 0 Å². The van der Waals surface area contributed by atoms with Gasteiger partial charge in [-0.15, -0.1) is 0 Å². The summed E-state index contributed by atoms with van der Waals surface area (Å²) in [6, 6.07) is 79.1. The largest absolute Gasteiger partial charge is 0.458 e. The van der Waals surface area contributed by atoms with E-state index in [4.69, 9.17) is 4.74 Å². The Hall–Kier alpha value is -8.02. The van der Waals surface area contributed by atoms with E-state index in [1.165, 1.54) is 49.2 Å². The zero-order valence-corrected chi connectivity index (χ0v) is 33.1. The summed E-state index contributed by atoms with van der Waals surface area (Å²) >= 11 is 0. The Morgan fingerprint density at radius 1 is 0.393 bits per heavy atom. The second kappa shape index (κ2) is 13.3. The van der Waals surface area contributed by atoms with E-state index in [2.05, 4.69) is 233 Å². The van der Waals surface area contributed by atoms with Crippen molar-refractivity contribution in [3.05, 3.63) is 218 Å². The summed E-state index contributed by atoms with van der Waals surface area (Å²) in [5, 5.41) is 4.81. The van der Waals surface area contributed by atoms with Gasteiger partial charge < -0.3 is 19.4 Å². The molecule has 0 aromatic heterocycles. The third-order valence-corrected chi connectivity index (χ3v) is 12.8. The summed E-state index contributed by atoms with van der Waals surface area (Å²) < 4.78 is 7.07. The van der Waals surface area contributed by atoms with E-state index < -0.39 is 0 Å². The highest BCUT2D eigenvalue weighted by molar-refractivity contribution is 6.99. The maximum absolute atomic E-state index is 7.07. The molecule has 0 saturated carbocycles. The van der Waals surface area contributed by atoms with Crippen LogP contribution in [0.1, 0.15) is 0 Å². The van der Waals surface area contributed by atoms with Gasteiger partial charge in [-0.05, 0) is 124 Å². The predicted molar refractivity (Wildman–Crippen MR) is 256 cm³/mol. The van der Waals surface area contributed by atoms with Crippen molar-refractivity contribution < 1.29 is 4.74 Å². The van der Waals surface area contributed by atoms with Crippen molar-refractivity contribution in [2.24, 2.45) is 0 Å². The van der Waals surface area contributed by atoms with E-state index in [1.807, 2.05) is 0 Å².